The Morgan fingerprint density at radius 2 is 1.86 bits per heavy atom. The van der Waals surface area contributed by atoms with Gasteiger partial charge in [-0.1, -0.05) is 23.5 Å². The Morgan fingerprint density at radius 1 is 1.07 bits per heavy atom. The van der Waals surface area contributed by atoms with Crippen molar-refractivity contribution in [1.82, 2.24) is 15.3 Å². The van der Waals surface area contributed by atoms with Gasteiger partial charge in [-0.2, -0.15) is 0 Å². The molecular formula is C22H25FN4S. The van der Waals surface area contributed by atoms with Gasteiger partial charge >= 0.3 is 0 Å². The summed E-state index contributed by atoms with van der Waals surface area (Å²) in [5.41, 5.74) is 2.28. The van der Waals surface area contributed by atoms with Gasteiger partial charge in [0.25, 0.3) is 0 Å². The fraction of sp³-hybridized carbons (Fsp3) is 0.364. The fourth-order valence-corrected chi connectivity index (χ4v) is 4.68. The smallest absolute Gasteiger partial charge is 0.188 e. The van der Waals surface area contributed by atoms with Crippen molar-refractivity contribution in [3.8, 4) is 10.4 Å². The Kier molecular flexibility index (Phi) is 5.98. The van der Waals surface area contributed by atoms with Crippen LogP contribution in [0.15, 0.2) is 48.8 Å². The van der Waals surface area contributed by atoms with E-state index >= 15 is 0 Å². The molecule has 2 heterocycles. The van der Waals surface area contributed by atoms with E-state index in [1.165, 1.54) is 54.7 Å². The van der Waals surface area contributed by atoms with Crippen LogP contribution in [-0.4, -0.2) is 23.1 Å². The summed E-state index contributed by atoms with van der Waals surface area (Å²) in [7, 11) is 2.06. The van der Waals surface area contributed by atoms with Gasteiger partial charge in [0.15, 0.2) is 5.13 Å². The second kappa shape index (κ2) is 8.80. The molecule has 6 heteroatoms. The second-order valence-electron chi connectivity index (χ2n) is 7.42. The molecular weight excluding hydrogens is 371 g/mol. The molecule has 28 heavy (non-hydrogen) atoms. The van der Waals surface area contributed by atoms with Gasteiger partial charge in [0.05, 0.1) is 4.88 Å². The maximum atomic E-state index is 13.1. The van der Waals surface area contributed by atoms with Crippen molar-refractivity contribution in [2.75, 3.05) is 12.4 Å². The summed E-state index contributed by atoms with van der Waals surface area (Å²) in [5.74, 6) is 1.35. The first-order valence-electron chi connectivity index (χ1n) is 9.80. The molecule has 1 aromatic carbocycles. The molecule has 3 aromatic rings. The van der Waals surface area contributed by atoms with Crippen LogP contribution in [0.3, 0.4) is 0 Å². The molecule has 2 aromatic heterocycles. The largest absolute Gasteiger partial charge is 0.317 e. The summed E-state index contributed by atoms with van der Waals surface area (Å²) in [4.78, 5) is 9.88. The van der Waals surface area contributed by atoms with E-state index in [0.29, 0.717) is 6.04 Å². The Labute approximate surface area is 169 Å². The van der Waals surface area contributed by atoms with E-state index in [1.54, 1.807) is 12.1 Å². The highest BCUT2D eigenvalue weighted by Crippen LogP contribution is 2.31. The van der Waals surface area contributed by atoms with Crippen molar-refractivity contribution in [2.45, 2.75) is 38.1 Å². The minimum atomic E-state index is -0.230. The van der Waals surface area contributed by atoms with Crippen LogP contribution in [0.5, 0.6) is 0 Å². The maximum Gasteiger partial charge on any atom is 0.188 e. The first-order chi connectivity index (χ1) is 13.7. The van der Waals surface area contributed by atoms with Crippen molar-refractivity contribution in [3.63, 3.8) is 0 Å². The zero-order valence-electron chi connectivity index (χ0n) is 16.0. The van der Waals surface area contributed by atoms with Crippen LogP contribution in [-0.2, 0) is 6.42 Å². The van der Waals surface area contributed by atoms with E-state index in [2.05, 4.69) is 39.8 Å². The number of hydrogen-bond acceptors (Lipinski definition) is 5. The van der Waals surface area contributed by atoms with Crippen molar-refractivity contribution >= 4 is 22.3 Å². The van der Waals surface area contributed by atoms with E-state index in [0.717, 1.165) is 33.7 Å². The SMILES string of the molecule is CNC1CCC(Cc2ccnc(Nc3ncc(-c4ccc(F)cc4)s3)c2)CC1. The van der Waals surface area contributed by atoms with Gasteiger partial charge in [0.2, 0.25) is 0 Å². The average molecular weight is 397 g/mol. The third kappa shape index (κ3) is 4.75. The Morgan fingerprint density at radius 3 is 2.61 bits per heavy atom. The number of benzene rings is 1. The average Bonchev–Trinajstić information content (AvgIpc) is 3.18. The highest BCUT2D eigenvalue weighted by Gasteiger charge is 2.20. The maximum absolute atomic E-state index is 13.1. The molecule has 0 amide bonds. The zero-order valence-corrected chi connectivity index (χ0v) is 16.8. The van der Waals surface area contributed by atoms with E-state index in [1.807, 2.05) is 12.4 Å². The lowest BCUT2D eigenvalue weighted by Crippen LogP contribution is -2.30. The molecule has 0 unspecified atom stereocenters. The zero-order chi connectivity index (χ0) is 19.3. The molecule has 0 saturated heterocycles. The quantitative estimate of drug-likeness (QED) is 0.585. The van der Waals surface area contributed by atoms with E-state index in [4.69, 9.17) is 0 Å². The third-order valence-corrected chi connectivity index (χ3v) is 6.44. The molecule has 4 rings (SSSR count). The third-order valence-electron chi connectivity index (χ3n) is 5.47. The minimum Gasteiger partial charge on any atom is -0.317 e. The minimum absolute atomic E-state index is 0.230. The highest BCUT2D eigenvalue weighted by atomic mass is 32.1. The van der Waals surface area contributed by atoms with Crippen LogP contribution in [0.25, 0.3) is 10.4 Å². The van der Waals surface area contributed by atoms with Gasteiger partial charge in [-0.3, -0.25) is 0 Å². The number of anilines is 2. The molecule has 1 aliphatic carbocycles. The summed E-state index contributed by atoms with van der Waals surface area (Å²) in [5, 5.41) is 7.50. The number of nitrogens with zero attached hydrogens (tertiary/aromatic N) is 2. The Hall–Kier alpha value is -2.31. The standard InChI is InChI=1S/C22H25FN4S/c1-24-19-8-2-15(3-9-19)12-16-10-11-25-21(13-16)27-22-26-14-20(28-22)17-4-6-18(23)7-5-17/h4-7,10-11,13-15,19,24H,2-3,8-9,12H2,1H3,(H,25,26,27). The molecule has 146 valence electrons. The van der Waals surface area contributed by atoms with Crippen molar-refractivity contribution < 1.29 is 4.39 Å². The predicted octanol–water partition coefficient (Wildman–Crippen LogP) is 5.41. The summed E-state index contributed by atoms with van der Waals surface area (Å²) in [6.07, 6.45) is 9.88. The first kappa shape index (κ1) is 19.0. The topological polar surface area (TPSA) is 49.8 Å². The fourth-order valence-electron chi connectivity index (χ4n) is 3.85. The van der Waals surface area contributed by atoms with Crippen LogP contribution in [0, 0.1) is 11.7 Å². The molecule has 1 fully saturated rings. The van der Waals surface area contributed by atoms with E-state index < -0.39 is 0 Å². The number of hydrogen-bond donors (Lipinski definition) is 2. The van der Waals surface area contributed by atoms with Gasteiger partial charge in [0, 0.05) is 18.4 Å². The van der Waals surface area contributed by atoms with Gasteiger partial charge in [-0.25, -0.2) is 14.4 Å². The molecule has 0 aliphatic heterocycles. The van der Waals surface area contributed by atoms with Crippen LogP contribution in [0.1, 0.15) is 31.2 Å². The number of rotatable bonds is 6. The number of halogens is 1. The highest BCUT2D eigenvalue weighted by molar-refractivity contribution is 7.18. The monoisotopic (exact) mass is 396 g/mol. The van der Waals surface area contributed by atoms with Gasteiger partial charge in [-0.15, -0.1) is 0 Å². The Bertz CT molecular complexity index is 901. The van der Waals surface area contributed by atoms with Crippen molar-refractivity contribution in [1.29, 1.82) is 0 Å². The number of thiazole rings is 1. The summed E-state index contributed by atoms with van der Waals surface area (Å²) < 4.78 is 13.1. The van der Waals surface area contributed by atoms with Crippen LogP contribution < -0.4 is 10.6 Å². The number of pyridine rings is 1. The molecule has 2 N–H and O–H groups in total. The summed E-state index contributed by atoms with van der Waals surface area (Å²) >= 11 is 1.54. The summed E-state index contributed by atoms with van der Waals surface area (Å²) in [6, 6.07) is 11.4. The van der Waals surface area contributed by atoms with Crippen molar-refractivity contribution in [2.24, 2.45) is 5.92 Å². The lowest BCUT2D eigenvalue weighted by atomic mass is 9.82. The molecule has 0 atom stereocenters. The van der Waals surface area contributed by atoms with Crippen LogP contribution in [0.2, 0.25) is 0 Å². The van der Waals surface area contributed by atoms with Crippen LogP contribution in [0.4, 0.5) is 15.3 Å². The van der Waals surface area contributed by atoms with Gasteiger partial charge < -0.3 is 10.6 Å². The number of aromatic nitrogens is 2. The Balaban J connectivity index is 1.39. The van der Waals surface area contributed by atoms with Gasteiger partial charge in [0.1, 0.15) is 11.6 Å². The molecule has 1 saturated carbocycles. The molecule has 0 radical (unpaired) electrons. The molecule has 0 bridgehead atoms. The second-order valence-corrected chi connectivity index (χ2v) is 8.45. The normalized spacial score (nSPS) is 19.5. The lowest BCUT2D eigenvalue weighted by molar-refractivity contribution is 0.300. The molecule has 4 nitrogen and oxygen atoms in total. The summed E-state index contributed by atoms with van der Waals surface area (Å²) in [6.45, 7) is 0. The first-order valence-corrected chi connectivity index (χ1v) is 10.6. The van der Waals surface area contributed by atoms with Crippen molar-refractivity contribution in [3.05, 3.63) is 60.2 Å². The van der Waals surface area contributed by atoms with Gasteiger partial charge in [-0.05, 0) is 80.5 Å². The predicted molar refractivity (Wildman–Crippen MR) is 114 cm³/mol. The molecule has 0 spiro atoms. The lowest BCUT2D eigenvalue weighted by Gasteiger charge is -2.28. The molecule has 1 aliphatic rings. The number of nitrogens with one attached hydrogen (secondary N) is 2. The van der Waals surface area contributed by atoms with Crippen LogP contribution >= 0.6 is 11.3 Å². The van der Waals surface area contributed by atoms with E-state index in [-0.39, 0.29) is 5.82 Å². The van der Waals surface area contributed by atoms with E-state index in [9.17, 15) is 4.39 Å².